The molecule has 0 aliphatic carbocycles. The molecule has 2 aromatic rings. The molecule has 0 aliphatic heterocycles. The molecule has 1 aromatic heterocycles. The molecule has 1 aromatic carbocycles. The van der Waals surface area contributed by atoms with Crippen LogP contribution in [0, 0.1) is 0 Å². The van der Waals surface area contributed by atoms with Crippen molar-refractivity contribution in [3.05, 3.63) is 47.8 Å². The molecule has 0 atom stereocenters. The molecule has 98 valence electrons. The summed E-state index contributed by atoms with van der Waals surface area (Å²) in [6, 6.07) is 8.67. The van der Waals surface area contributed by atoms with Crippen molar-refractivity contribution in [2.75, 3.05) is 7.11 Å². The van der Waals surface area contributed by atoms with E-state index in [-0.39, 0.29) is 18.3 Å². The van der Waals surface area contributed by atoms with Gasteiger partial charge in [-0.15, -0.1) is 0 Å². The van der Waals surface area contributed by atoms with E-state index in [0.29, 0.717) is 0 Å². The van der Waals surface area contributed by atoms with Gasteiger partial charge in [0.05, 0.1) is 7.11 Å². The van der Waals surface area contributed by atoms with Crippen molar-refractivity contribution in [2.24, 2.45) is 0 Å². The van der Waals surface area contributed by atoms with E-state index < -0.39 is 5.97 Å². The highest BCUT2D eigenvalue weighted by molar-refractivity contribution is 5.85. The van der Waals surface area contributed by atoms with E-state index in [1.807, 2.05) is 24.3 Å². The number of carboxylic acid groups (broad SMARTS) is 1. The highest BCUT2D eigenvalue weighted by Gasteiger charge is 2.07. The minimum Gasteiger partial charge on any atom is -0.497 e. The Kier molecular flexibility index (Phi) is 3.92. The Hall–Kier alpha value is -2.63. The van der Waals surface area contributed by atoms with E-state index in [1.54, 1.807) is 7.11 Å². The molecule has 0 radical (unpaired) electrons. The maximum Gasteiger partial charge on any atom is 0.354 e. The number of hydrogen-bond acceptors (Lipinski definition) is 5. The van der Waals surface area contributed by atoms with E-state index in [0.717, 1.165) is 11.3 Å². The Balaban J connectivity index is 2.01. The van der Waals surface area contributed by atoms with Crippen LogP contribution >= 0.6 is 0 Å². The first-order chi connectivity index (χ1) is 9.19. The molecule has 6 nitrogen and oxygen atoms in total. The van der Waals surface area contributed by atoms with Crippen LogP contribution in [-0.4, -0.2) is 28.2 Å². The Bertz CT molecular complexity index is 569. The fourth-order valence-corrected chi connectivity index (χ4v) is 1.40. The molecule has 0 spiro atoms. The molecule has 0 unspecified atom stereocenters. The number of nitrogens with zero attached hydrogens (tertiary/aromatic N) is 2. The molecular formula is C13H12N2O4. The lowest BCUT2D eigenvalue weighted by Crippen LogP contribution is -2.05. The third-order valence-corrected chi connectivity index (χ3v) is 2.38. The second kappa shape index (κ2) is 5.81. The van der Waals surface area contributed by atoms with Crippen molar-refractivity contribution >= 4 is 5.97 Å². The number of methoxy groups -OCH3 is 1. The molecule has 1 heterocycles. The first kappa shape index (κ1) is 12.8. The van der Waals surface area contributed by atoms with Crippen LogP contribution in [0.15, 0.2) is 36.5 Å². The molecule has 19 heavy (non-hydrogen) atoms. The summed E-state index contributed by atoms with van der Waals surface area (Å²) < 4.78 is 10.4. The lowest BCUT2D eigenvalue weighted by molar-refractivity contribution is 0.0688. The third kappa shape index (κ3) is 3.41. The number of aromatic carboxylic acids is 1. The zero-order valence-corrected chi connectivity index (χ0v) is 10.2. The summed E-state index contributed by atoms with van der Waals surface area (Å²) in [6.45, 7) is 0.257. The van der Waals surface area contributed by atoms with Crippen LogP contribution in [0.25, 0.3) is 0 Å². The number of hydrogen-bond donors (Lipinski definition) is 1. The normalized spacial score (nSPS) is 9.95. The largest absolute Gasteiger partial charge is 0.497 e. The lowest BCUT2D eigenvalue weighted by Gasteiger charge is -2.05. The van der Waals surface area contributed by atoms with Crippen LogP contribution in [0.1, 0.15) is 16.1 Å². The van der Waals surface area contributed by atoms with Gasteiger partial charge in [0.25, 0.3) is 0 Å². The van der Waals surface area contributed by atoms with Crippen LogP contribution in [0.4, 0.5) is 0 Å². The van der Waals surface area contributed by atoms with Gasteiger partial charge in [-0.2, -0.15) is 4.98 Å². The van der Waals surface area contributed by atoms with Crippen LogP contribution in [0.3, 0.4) is 0 Å². The minimum atomic E-state index is -1.11. The predicted octanol–water partition coefficient (Wildman–Crippen LogP) is 1.76. The first-order valence-corrected chi connectivity index (χ1v) is 5.51. The maximum absolute atomic E-state index is 10.7. The smallest absolute Gasteiger partial charge is 0.354 e. The van der Waals surface area contributed by atoms with E-state index in [2.05, 4.69) is 9.97 Å². The van der Waals surface area contributed by atoms with Crippen LogP contribution < -0.4 is 9.47 Å². The van der Waals surface area contributed by atoms with Gasteiger partial charge in [-0.1, -0.05) is 12.1 Å². The monoisotopic (exact) mass is 260 g/mol. The summed E-state index contributed by atoms with van der Waals surface area (Å²) >= 11 is 0. The average Bonchev–Trinajstić information content (AvgIpc) is 2.46. The molecule has 0 bridgehead atoms. The summed E-state index contributed by atoms with van der Waals surface area (Å²) in [5.74, 6) is -0.357. The minimum absolute atomic E-state index is 0.0377. The van der Waals surface area contributed by atoms with Gasteiger partial charge in [0.1, 0.15) is 12.4 Å². The summed E-state index contributed by atoms with van der Waals surface area (Å²) in [7, 11) is 1.59. The third-order valence-electron chi connectivity index (χ3n) is 2.38. The fourth-order valence-electron chi connectivity index (χ4n) is 1.40. The fraction of sp³-hybridized carbons (Fsp3) is 0.154. The molecule has 0 amide bonds. The van der Waals surface area contributed by atoms with Crippen molar-refractivity contribution in [2.45, 2.75) is 6.61 Å². The molecular weight excluding hydrogens is 248 g/mol. The first-order valence-electron chi connectivity index (χ1n) is 5.51. The Morgan fingerprint density at radius 1 is 1.26 bits per heavy atom. The van der Waals surface area contributed by atoms with Crippen molar-refractivity contribution in [1.29, 1.82) is 0 Å². The molecule has 0 fully saturated rings. The second-order valence-corrected chi connectivity index (χ2v) is 3.67. The second-order valence-electron chi connectivity index (χ2n) is 3.67. The molecule has 1 N–H and O–H groups in total. The topological polar surface area (TPSA) is 81.5 Å². The van der Waals surface area contributed by atoms with Gasteiger partial charge in [-0.25, -0.2) is 9.78 Å². The van der Waals surface area contributed by atoms with Gasteiger partial charge in [0.2, 0.25) is 0 Å². The quantitative estimate of drug-likeness (QED) is 0.882. The van der Waals surface area contributed by atoms with E-state index in [9.17, 15) is 4.79 Å². The van der Waals surface area contributed by atoms with Crippen LogP contribution in [0.2, 0.25) is 0 Å². The van der Waals surface area contributed by atoms with E-state index in [1.165, 1.54) is 12.3 Å². The Labute approximate surface area is 109 Å². The summed E-state index contributed by atoms with van der Waals surface area (Å²) in [4.78, 5) is 18.4. The standard InChI is InChI=1S/C13H12N2O4/c1-18-10-4-2-9(3-5-10)8-19-13-14-7-6-11(15-13)12(16)17/h2-7H,8H2,1H3,(H,16,17). The van der Waals surface area contributed by atoms with E-state index >= 15 is 0 Å². The SMILES string of the molecule is COc1ccc(COc2nccc(C(=O)O)n2)cc1. The van der Waals surface area contributed by atoms with Crippen molar-refractivity contribution in [3.63, 3.8) is 0 Å². The number of carbonyl (C=O) groups is 1. The van der Waals surface area contributed by atoms with Crippen molar-refractivity contribution in [3.8, 4) is 11.8 Å². The lowest BCUT2D eigenvalue weighted by atomic mass is 10.2. The number of aromatic nitrogens is 2. The molecule has 2 rings (SSSR count). The zero-order chi connectivity index (χ0) is 13.7. The Morgan fingerprint density at radius 3 is 2.63 bits per heavy atom. The molecule has 6 heteroatoms. The van der Waals surface area contributed by atoms with Gasteiger partial charge in [-0.05, 0) is 23.8 Å². The van der Waals surface area contributed by atoms with Gasteiger partial charge in [0.15, 0.2) is 5.69 Å². The maximum atomic E-state index is 10.7. The van der Waals surface area contributed by atoms with Crippen LogP contribution in [-0.2, 0) is 6.61 Å². The molecule has 0 aliphatic rings. The zero-order valence-electron chi connectivity index (χ0n) is 10.2. The summed E-state index contributed by atoms with van der Waals surface area (Å²) in [5.41, 5.74) is 0.810. The highest BCUT2D eigenvalue weighted by atomic mass is 16.5. The van der Waals surface area contributed by atoms with Crippen molar-refractivity contribution < 1.29 is 19.4 Å². The Morgan fingerprint density at radius 2 is 2.00 bits per heavy atom. The van der Waals surface area contributed by atoms with E-state index in [4.69, 9.17) is 14.6 Å². The van der Waals surface area contributed by atoms with Gasteiger partial charge in [0, 0.05) is 6.20 Å². The highest BCUT2D eigenvalue weighted by Crippen LogP contribution is 2.13. The predicted molar refractivity (Wildman–Crippen MR) is 66.3 cm³/mol. The average molecular weight is 260 g/mol. The summed E-state index contributed by atoms with van der Waals surface area (Å²) in [6.07, 6.45) is 1.35. The van der Waals surface area contributed by atoms with Crippen LogP contribution in [0.5, 0.6) is 11.8 Å². The summed E-state index contributed by atoms with van der Waals surface area (Å²) in [5, 5.41) is 8.79. The van der Waals surface area contributed by atoms with Gasteiger partial charge in [-0.3, -0.25) is 0 Å². The number of rotatable bonds is 5. The van der Waals surface area contributed by atoms with Gasteiger partial charge < -0.3 is 14.6 Å². The van der Waals surface area contributed by atoms with Crippen molar-refractivity contribution in [1.82, 2.24) is 9.97 Å². The van der Waals surface area contributed by atoms with Gasteiger partial charge >= 0.3 is 12.0 Å². The molecule has 0 saturated carbocycles. The number of carboxylic acids is 1. The molecule has 0 saturated heterocycles. The number of benzene rings is 1. The number of ether oxygens (including phenoxy) is 2.